The molecule has 1 aliphatic heterocycles. The molecule has 21 heavy (non-hydrogen) atoms. The first kappa shape index (κ1) is 13.9. The van der Waals surface area contributed by atoms with Crippen molar-refractivity contribution in [1.29, 1.82) is 0 Å². The van der Waals surface area contributed by atoms with Gasteiger partial charge in [-0.2, -0.15) is 0 Å². The first-order valence-electron chi connectivity index (χ1n) is 6.86. The van der Waals surface area contributed by atoms with Crippen molar-refractivity contribution in [2.24, 2.45) is 11.8 Å². The van der Waals surface area contributed by atoms with Crippen LogP contribution in [-0.2, 0) is 4.79 Å². The summed E-state index contributed by atoms with van der Waals surface area (Å²) in [6.45, 7) is 3.39. The highest BCUT2D eigenvalue weighted by atomic mass is 32.1. The molecule has 2 aromatic heterocycles. The summed E-state index contributed by atoms with van der Waals surface area (Å²) < 4.78 is 0. The highest BCUT2D eigenvalue weighted by Gasteiger charge is 2.31. The van der Waals surface area contributed by atoms with E-state index in [4.69, 9.17) is 0 Å². The number of anilines is 1. The number of hydrogen-bond acceptors (Lipinski definition) is 6. The Morgan fingerprint density at radius 1 is 1.38 bits per heavy atom. The lowest BCUT2D eigenvalue weighted by atomic mass is 9.91. The fraction of sp³-hybridized carbons (Fsp3) is 0.429. The predicted octanol–water partition coefficient (Wildman–Crippen LogP) is 2.15. The minimum atomic E-state index is -0.735. The molecule has 2 aromatic rings. The van der Waals surface area contributed by atoms with E-state index in [2.05, 4.69) is 22.1 Å². The summed E-state index contributed by atoms with van der Waals surface area (Å²) in [5.41, 5.74) is 0.793. The molecule has 2 unspecified atom stereocenters. The van der Waals surface area contributed by atoms with Crippen LogP contribution in [0.2, 0.25) is 0 Å². The number of carbonyl (C=O) groups is 1. The van der Waals surface area contributed by atoms with Crippen LogP contribution in [0, 0.1) is 11.8 Å². The van der Waals surface area contributed by atoms with Crippen LogP contribution in [0.15, 0.2) is 24.4 Å². The van der Waals surface area contributed by atoms with E-state index >= 15 is 0 Å². The second-order valence-corrected chi connectivity index (χ2v) is 6.34. The van der Waals surface area contributed by atoms with E-state index < -0.39 is 5.97 Å². The topological polar surface area (TPSA) is 79.2 Å². The van der Waals surface area contributed by atoms with E-state index in [0.717, 1.165) is 28.8 Å². The molecule has 0 aromatic carbocycles. The Bertz CT molecular complexity index is 631. The zero-order valence-corrected chi connectivity index (χ0v) is 12.5. The van der Waals surface area contributed by atoms with Crippen molar-refractivity contribution in [3.05, 3.63) is 24.4 Å². The molecule has 0 bridgehead atoms. The monoisotopic (exact) mass is 304 g/mol. The van der Waals surface area contributed by atoms with Gasteiger partial charge >= 0.3 is 5.97 Å². The van der Waals surface area contributed by atoms with Gasteiger partial charge in [0.2, 0.25) is 5.13 Å². The van der Waals surface area contributed by atoms with E-state index in [1.807, 2.05) is 23.1 Å². The number of carboxylic acid groups (broad SMARTS) is 1. The molecule has 0 spiro atoms. The maximum atomic E-state index is 11.2. The van der Waals surface area contributed by atoms with E-state index in [0.29, 0.717) is 12.5 Å². The van der Waals surface area contributed by atoms with Crippen LogP contribution in [-0.4, -0.2) is 39.3 Å². The average Bonchev–Trinajstić information content (AvgIpc) is 2.97. The third-order valence-electron chi connectivity index (χ3n) is 3.58. The number of nitrogens with zero attached hydrogens (tertiary/aromatic N) is 4. The van der Waals surface area contributed by atoms with Crippen LogP contribution >= 0.6 is 11.3 Å². The lowest BCUT2D eigenvalue weighted by Crippen LogP contribution is -2.42. The molecule has 6 nitrogen and oxygen atoms in total. The van der Waals surface area contributed by atoms with Crippen molar-refractivity contribution in [1.82, 2.24) is 15.2 Å². The zero-order valence-electron chi connectivity index (χ0n) is 11.6. The smallest absolute Gasteiger partial charge is 0.308 e. The Hall–Kier alpha value is -2.02. The second kappa shape index (κ2) is 5.77. The molecule has 1 saturated heterocycles. The fourth-order valence-electron chi connectivity index (χ4n) is 2.62. The molecular formula is C14H16N4O2S. The van der Waals surface area contributed by atoms with Crippen LogP contribution in [0.25, 0.3) is 10.7 Å². The van der Waals surface area contributed by atoms with Crippen LogP contribution < -0.4 is 4.90 Å². The molecule has 0 amide bonds. The molecule has 2 atom stereocenters. The van der Waals surface area contributed by atoms with Crippen molar-refractivity contribution in [3.8, 4) is 10.7 Å². The number of aromatic nitrogens is 3. The lowest BCUT2D eigenvalue weighted by molar-refractivity contribution is -0.142. The molecule has 1 N–H and O–H groups in total. The fourth-order valence-corrected chi connectivity index (χ4v) is 3.46. The molecule has 110 valence electrons. The van der Waals surface area contributed by atoms with Gasteiger partial charge in [0.1, 0.15) is 5.69 Å². The number of hydrogen-bond donors (Lipinski definition) is 1. The van der Waals surface area contributed by atoms with E-state index in [1.165, 1.54) is 11.3 Å². The number of rotatable bonds is 3. The van der Waals surface area contributed by atoms with Gasteiger partial charge in [-0.3, -0.25) is 9.78 Å². The van der Waals surface area contributed by atoms with Gasteiger partial charge in [-0.1, -0.05) is 24.3 Å². The summed E-state index contributed by atoms with van der Waals surface area (Å²) in [4.78, 5) is 17.5. The molecule has 0 radical (unpaired) electrons. The molecular weight excluding hydrogens is 288 g/mol. The Morgan fingerprint density at radius 2 is 2.24 bits per heavy atom. The minimum absolute atomic E-state index is 0.335. The van der Waals surface area contributed by atoms with Crippen molar-refractivity contribution >= 4 is 22.4 Å². The first-order chi connectivity index (χ1) is 10.1. The number of pyridine rings is 1. The van der Waals surface area contributed by atoms with Crippen LogP contribution in [0.1, 0.15) is 13.3 Å². The van der Waals surface area contributed by atoms with Gasteiger partial charge in [0.05, 0.1) is 5.92 Å². The maximum absolute atomic E-state index is 11.2. The van der Waals surface area contributed by atoms with Crippen molar-refractivity contribution < 1.29 is 9.90 Å². The van der Waals surface area contributed by atoms with Crippen LogP contribution in [0.5, 0.6) is 0 Å². The normalized spacial score (nSPS) is 22.2. The molecule has 1 fully saturated rings. The molecule has 0 aliphatic carbocycles. The van der Waals surface area contributed by atoms with Crippen LogP contribution in [0.3, 0.4) is 0 Å². The van der Waals surface area contributed by atoms with Crippen molar-refractivity contribution in [2.45, 2.75) is 13.3 Å². The Labute approximate surface area is 126 Å². The second-order valence-electron chi connectivity index (χ2n) is 5.39. The zero-order chi connectivity index (χ0) is 14.8. The lowest BCUT2D eigenvalue weighted by Gasteiger charge is -2.34. The molecule has 1 aliphatic rings. The maximum Gasteiger partial charge on any atom is 0.308 e. The van der Waals surface area contributed by atoms with E-state index in [1.54, 1.807) is 6.20 Å². The van der Waals surface area contributed by atoms with E-state index in [-0.39, 0.29) is 5.92 Å². The van der Waals surface area contributed by atoms with Gasteiger partial charge in [0.25, 0.3) is 0 Å². The number of carboxylic acids is 1. The van der Waals surface area contributed by atoms with Gasteiger partial charge in [0.15, 0.2) is 5.01 Å². The van der Waals surface area contributed by atoms with Gasteiger partial charge in [0, 0.05) is 19.3 Å². The van der Waals surface area contributed by atoms with Gasteiger partial charge in [-0.15, -0.1) is 10.2 Å². The molecule has 7 heteroatoms. The Balaban J connectivity index is 1.81. The van der Waals surface area contributed by atoms with Crippen LogP contribution in [0.4, 0.5) is 5.13 Å². The molecule has 3 heterocycles. The molecule has 3 rings (SSSR count). The van der Waals surface area contributed by atoms with Gasteiger partial charge < -0.3 is 10.0 Å². The average molecular weight is 304 g/mol. The third kappa shape index (κ3) is 3.02. The van der Waals surface area contributed by atoms with Crippen molar-refractivity contribution in [2.75, 3.05) is 18.0 Å². The quantitative estimate of drug-likeness (QED) is 0.936. The summed E-state index contributed by atoms with van der Waals surface area (Å²) in [6.07, 6.45) is 2.44. The van der Waals surface area contributed by atoms with Gasteiger partial charge in [-0.25, -0.2) is 0 Å². The summed E-state index contributed by atoms with van der Waals surface area (Å²) in [5, 5.41) is 19.1. The summed E-state index contributed by atoms with van der Waals surface area (Å²) in [6, 6.07) is 5.66. The highest BCUT2D eigenvalue weighted by Crippen LogP contribution is 2.31. The largest absolute Gasteiger partial charge is 0.481 e. The highest BCUT2D eigenvalue weighted by molar-refractivity contribution is 7.18. The van der Waals surface area contributed by atoms with E-state index in [9.17, 15) is 9.90 Å². The summed E-state index contributed by atoms with van der Waals surface area (Å²) in [7, 11) is 0. The third-order valence-corrected chi connectivity index (χ3v) is 4.58. The SMILES string of the molecule is CC1CC(C(=O)O)CN(c2nnc(-c3ccccn3)s2)C1. The van der Waals surface area contributed by atoms with Gasteiger partial charge in [-0.05, 0) is 24.5 Å². The summed E-state index contributed by atoms with van der Waals surface area (Å²) >= 11 is 1.46. The number of piperidine rings is 1. The Morgan fingerprint density at radius 3 is 2.95 bits per heavy atom. The predicted molar refractivity (Wildman–Crippen MR) is 80.3 cm³/mol. The minimum Gasteiger partial charge on any atom is -0.481 e. The summed E-state index contributed by atoms with van der Waals surface area (Å²) in [5.74, 6) is -0.737. The number of aliphatic carboxylic acids is 1. The molecule has 0 saturated carbocycles. The Kier molecular flexibility index (Phi) is 3.83. The first-order valence-corrected chi connectivity index (χ1v) is 7.68. The standard InChI is InChI=1S/C14H16N4O2S/c1-9-6-10(13(19)20)8-18(7-9)14-17-16-12(21-14)11-4-2-3-5-15-11/h2-5,9-10H,6-8H2,1H3,(H,19,20). The van der Waals surface area contributed by atoms with Crippen molar-refractivity contribution in [3.63, 3.8) is 0 Å².